The molecule has 6 heteroatoms. The number of carbonyl (C=O) groups is 1. The third kappa shape index (κ3) is 2.45. The van der Waals surface area contributed by atoms with Gasteiger partial charge in [-0.2, -0.15) is 5.10 Å². The van der Waals surface area contributed by atoms with E-state index in [9.17, 15) is 4.79 Å². The summed E-state index contributed by atoms with van der Waals surface area (Å²) in [6, 6.07) is 6.13. The predicted molar refractivity (Wildman–Crippen MR) is 79.3 cm³/mol. The maximum Gasteiger partial charge on any atom is 0.225 e. The van der Waals surface area contributed by atoms with Gasteiger partial charge in [0, 0.05) is 19.4 Å². The molecular formula is C16H18N4O2. The molecule has 4 rings (SSSR count). The van der Waals surface area contributed by atoms with Crippen molar-refractivity contribution >= 4 is 5.91 Å². The second kappa shape index (κ2) is 5.44. The van der Waals surface area contributed by atoms with E-state index in [1.807, 2.05) is 16.8 Å². The maximum absolute atomic E-state index is 12.3. The molecule has 0 saturated carbocycles. The first-order valence-electron chi connectivity index (χ1n) is 7.68. The molecule has 0 aliphatic carbocycles. The van der Waals surface area contributed by atoms with Crippen LogP contribution in [-0.2, 0) is 30.7 Å². The first-order chi connectivity index (χ1) is 10.8. The number of ether oxygens (including phenoxy) is 1. The molecule has 1 N–H and O–H groups in total. The third-order valence-electron chi connectivity index (χ3n) is 4.40. The molecule has 0 radical (unpaired) electrons. The molecule has 1 atom stereocenters. The van der Waals surface area contributed by atoms with E-state index < -0.39 is 0 Å². The van der Waals surface area contributed by atoms with E-state index in [-0.39, 0.29) is 11.8 Å². The van der Waals surface area contributed by atoms with Crippen LogP contribution < -0.4 is 10.1 Å². The van der Waals surface area contributed by atoms with Gasteiger partial charge in [0.05, 0.1) is 19.1 Å². The van der Waals surface area contributed by atoms with Crippen LogP contribution in [0, 0.1) is 5.92 Å². The minimum Gasteiger partial charge on any atom is -0.493 e. The average molecular weight is 298 g/mol. The Hall–Kier alpha value is -2.37. The minimum absolute atomic E-state index is 0.0213. The van der Waals surface area contributed by atoms with Gasteiger partial charge in [-0.25, -0.2) is 9.67 Å². The zero-order valence-corrected chi connectivity index (χ0v) is 12.3. The lowest BCUT2D eigenvalue weighted by Crippen LogP contribution is -2.36. The molecule has 22 heavy (non-hydrogen) atoms. The van der Waals surface area contributed by atoms with Gasteiger partial charge in [0.2, 0.25) is 5.91 Å². The quantitative estimate of drug-likeness (QED) is 0.921. The summed E-state index contributed by atoms with van der Waals surface area (Å²) in [5.74, 6) is 2.02. The Morgan fingerprint density at radius 3 is 3.32 bits per heavy atom. The molecule has 1 amide bonds. The molecule has 6 nitrogen and oxygen atoms in total. The standard InChI is InChI=1S/C16H18N4O2/c21-16(13-2-4-15-18-10-19-20(15)9-13)17-8-11-1-3-14-12(7-11)5-6-22-14/h1,3,7,10,13H,2,4-6,8-9H2,(H,17,21). The highest BCUT2D eigenvalue weighted by Gasteiger charge is 2.25. The summed E-state index contributed by atoms with van der Waals surface area (Å²) in [5, 5.41) is 7.20. The van der Waals surface area contributed by atoms with Gasteiger partial charge >= 0.3 is 0 Å². The molecule has 114 valence electrons. The van der Waals surface area contributed by atoms with Gasteiger partial charge in [-0.1, -0.05) is 12.1 Å². The third-order valence-corrected chi connectivity index (χ3v) is 4.40. The fourth-order valence-electron chi connectivity index (χ4n) is 3.13. The minimum atomic E-state index is -0.0213. The summed E-state index contributed by atoms with van der Waals surface area (Å²) in [6.45, 7) is 1.94. The van der Waals surface area contributed by atoms with Crippen LogP contribution in [0.3, 0.4) is 0 Å². The Morgan fingerprint density at radius 2 is 2.36 bits per heavy atom. The number of rotatable bonds is 3. The Kier molecular flexibility index (Phi) is 3.29. The summed E-state index contributed by atoms with van der Waals surface area (Å²) in [7, 11) is 0. The Bertz CT molecular complexity index is 710. The van der Waals surface area contributed by atoms with Crippen LogP contribution in [0.5, 0.6) is 5.75 Å². The topological polar surface area (TPSA) is 69.0 Å². The van der Waals surface area contributed by atoms with Crippen molar-refractivity contribution in [2.45, 2.75) is 32.4 Å². The second-order valence-corrected chi connectivity index (χ2v) is 5.85. The van der Waals surface area contributed by atoms with Gasteiger partial charge in [-0.3, -0.25) is 4.79 Å². The van der Waals surface area contributed by atoms with Crippen molar-refractivity contribution in [3.63, 3.8) is 0 Å². The molecular weight excluding hydrogens is 280 g/mol. The normalized spacial score (nSPS) is 19.2. The van der Waals surface area contributed by atoms with E-state index in [1.54, 1.807) is 6.33 Å². The molecule has 0 saturated heterocycles. The van der Waals surface area contributed by atoms with Crippen LogP contribution in [0.2, 0.25) is 0 Å². The molecule has 3 heterocycles. The fraction of sp³-hybridized carbons (Fsp3) is 0.438. The lowest BCUT2D eigenvalue weighted by atomic mass is 9.98. The maximum atomic E-state index is 12.3. The van der Waals surface area contributed by atoms with Gasteiger partial charge < -0.3 is 10.1 Å². The monoisotopic (exact) mass is 298 g/mol. The Labute approximate surface area is 128 Å². The van der Waals surface area contributed by atoms with Gasteiger partial charge in [-0.05, 0) is 23.6 Å². The summed E-state index contributed by atoms with van der Waals surface area (Å²) >= 11 is 0. The van der Waals surface area contributed by atoms with Gasteiger partial charge in [0.15, 0.2) is 0 Å². The number of benzene rings is 1. The molecule has 2 aliphatic rings. The fourth-order valence-corrected chi connectivity index (χ4v) is 3.13. The Morgan fingerprint density at radius 1 is 1.41 bits per heavy atom. The number of hydrogen-bond acceptors (Lipinski definition) is 4. The van der Waals surface area contributed by atoms with Crippen molar-refractivity contribution in [2.24, 2.45) is 5.92 Å². The average Bonchev–Trinajstić information content (AvgIpc) is 3.19. The van der Waals surface area contributed by atoms with Crippen LogP contribution in [0.1, 0.15) is 23.4 Å². The lowest BCUT2D eigenvalue weighted by molar-refractivity contribution is -0.126. The number of aromatic nitrogens is 3. The predicted octanol–water partition coefficient (Wildman–Crippen LogP) is 1.09. The largest absolute Gasteiger partial charge is 0.493 e. The van der Waals surface area contributed by atoms with E-state index in [0.29, 0.717) is 13.1 Å². The molecule has 0 fully saturated rings. The van der Waals surface area contributed by atoms with Crippen molar-refractivity contribution in [1.29, 1.82) is 0 Å². The molecule has 0 spiro atoms. The molecule has 1 aromatic heterocycles. The van der Waals surface area contributed by atoms with E-state index >= 15 is 0 Å². The molecule has 0 bridgehead atoms. The first-order valence-corrected chi connectivity index (χ1v) is 7.68. The van der Waals surface area contributed by atoms with Gasteiger partial charge in [0.1, 0.15) is 17.9 Å². The van der Waals surface area contributed by atoms with Crippen molar-refractivity contribution < 1.29 is 9.53 Å². The van der Waals surface area contributed by atoms with Crippen molar-refractivity contribution in [1.82, 2.24) is 20.1 Å². The van der Waals surface area contributed by atoms with Crippen LogP contribution in [0.25, 0.3) is 0 Å². The Balaban J connectivity index is 1.37. The van der Waals surface area contributed by atoms with E-state index in [2.05, 4.69) is 21.5 Å². The SMILES string of the molecule is O=C(NCc1ccc2c(c1)CCO2)C1CCc2ncnn2C1. The number of amides is 1. The van der Waals surface area contributed by atoms with E-state index in [1.165, 1.54) is 5.56 Å². The smallest absolute Gasteiger partial charge is 0.225 e. The number of hydrogen-bond donors (Lipinski definition) is 1. The number of nitrogens with zero attached hydrogens (tertiary/aromatic N) is 3. The summed E-state index contributed by atoms with van der Waals surface area (Å²) in [6.07, 6.45) is 4.16. The number of aryl methyl sites for hydroxylation is 1. The van der Waals surface area contributed by atoms with E-state index in [4.69, 9.17) is 4.74 Å². The lowest BCUT2D eigenvalue weighted by Gasteiger charge is -2.21. The summed E-state index contributed by atoms with van der Waals surface area (Å²) in [5.41, 5.74) is 2.35. The number of fused-ring (bicyclic) bond motifs is 2. The van der Waals surface area contributed by atoms with Crippen LogP contribution >= 0.6 is 0 Å². The summed E-state index contributed by atoms with van der Waals surface area (Å²) < 4.78 is 7.33. The van der Waals surface area contributed by atoms with Gasteiger partial charge in [0.25, 0.3) is 0 Å². The van der Waals surface area contributed by atoms with Crippen LogP contribution in [-0.4, -0.2) is 27.3 Å². The van der Waals surface area contributed by atoms with Crippen molar-refractivity contribution in [2.75, 3.05) is 6.61 Å². The van der Waals surface area contributed by atoms with Crippen LogP contribution in [0.15, 0.2) is 24.5 Å². The number of nitrogens with one attached hydrogen (secondary N) is 1. The first kappa shape index (κ1) is 13.3. The van der Waals surface area contributed by atoms with E-state index in [0.717, 1.165) is 43.0 Å². The molecule has 1 aromatic carbocycles. The second-order valence-electron chi connectivity index (χ2n) is 5.85. The molecule has 1 unspecified atom stereocenters. The molecule has 2 aliphatic heterocycles. The van der Waals surface area contributed by atoms with Crippen LogP contribution in [0.4, 0.5) is 0 Å². The summed E-state index contributed by atoms with van der Waals surface area (Å²) in [4.78, 5) is 16.5. The highest BCUT2D eigenvalue weighted by Crippen LogP contribution is 2.26. The van der Waals surface area contributed by atoms with Crippen molar-refractivity contribution in [3.8, 4) is 5.75 Å². The molecule has 2 aromatic rings. The highest BCUT2D eigenvalue weighted by atomic mass is 16.5. The number of carbonyl (C=O) groups excluding carboxylic acids is 1. The van der Waals surface area contributed by atoms with Crippen molar-refractivity contribution in [3.05, 3.63) is 41.5 Å². The zero-order chi connectivity index (χ0) is 14.9. The highest BCUT2D eigenvalue weighted by molar-refractivity contribution is 5.78. The zero-order valence-electron chi connectivity index (χ0n) is 12.3. The van der Waals surface area contributed by atoms with Gasteiger partial charge in [-0.15, -0.1) is 0 Å².